The molecule has 0 saturated carbocycles. The van der Waals surface area contributed by atoms with Crippen LogP contribution in [0.1, 0.15) is 46.5 Å². The quantitative estimate of drug-likeness (QED) is 0.112. The first-order chi connectivity index (χ1) is 10.6. The summed E-state index contributed by atoms with van der Waals surface area (Å²) in [4.78, 5) is 0. The fourth-order valence-electron chi connectivity index (χ4n) is 2.65. The molecule has 0 saturated heterocycles. The zero-order valence-corrected chi connectivity index (χ0v) is 15.9. The Morgan fingerprint density at radius 1 is 0.917 bits per heavy atom. The van der Waals surface area contributed by atoms with E-state index in [1.807, 2.05) is 0 Å². The van der Waals surface area contributed by atoms with Crippen LogP contribution in [0.3, 0.4) is 0 Å². The van der Waals surface area contributed by atoms with Crippen LogP contribution in [-0.4, -0.2) is 30.7 Å². The van der Waals surface area contributed by atoms with Crippen molar-refractivity contribution >= 4 is 7.81 Å². The SMILES string of the molecule is C=CC[N+](CC)(CC=C)CC(C)CCCCC.F[P-](F)(F)(F)(F)F. The zero-order chi connectivity index (χ0) is 19.6. The molecule has 148 valence electrons. The van der Waals surface area contributed by atoms with Gasteiger partial charge in [-0.3, -0.25) is 0 Å². The molecule has 0 bridgehead atoms. The number of rotatable bonds is 11. The predicted octanol–water partition coefficient (Wildman–Crippen LogP) is 7.79. The first kappa shape index (κ1) is 25.7. The summed E-state index contributed by atoms with van der Waals surface area (Å²) in [7, 11) is -10.7. The summed E-state index contributed by atoms with van der Waals surface area (Å²) in [6.45, 7) is 19.3. The molecule has 0 radical (unpaired) electrons. The second-order valence-electron chi connectivity index (χ2n) is 6.34. The van der Waals surface area contributed by atoms with Crippen molar-refractivity contribution in [3.05, 3.63) is 25.3 Å². The Bertz CT molecular complexity index is 355. The number of hydrogen-bond donors (Lipinski definition) is 0. The van der Waals surface area contributed by atoms with E-state index in [2.05, 4.69) is 46.1 Å². The summed E-state index contributed by atoms with van der Waals surface area (Å²) < 4.78 is 60.3. The summed E-state index contributed by atoms with van der Waals surface area (Å²) in [5.74, 6) is 0.807. The summed E-state index contributed by atoms with van der Waals surface area (Å²) >= 11 is 0. The molecule has 0 amide bonds. The van der Waals surface area contributed by atoms with Crippen molar-refractivity contribution in [2.45, 2.75) is 46.5 Å². The van der Waals surface area contributed by atoms with Crippen LogP contribution in [0.25, 0.3) is 0 Å². The van der Waals surface area contributed by atoms with Crippen LogP contribution >= 0.6 is 7.81 Å². The zero-order valence-electron chi connectivity index (χ0n) is 15.0. The van der Waals surface area contributed by atoms with Gasteiger partial charge < -0.3 is 4.48 Å². The molecule has 0 N–H and O–H groups in total. The van der Waals surface area contributed by atoms with Crippen LogP contribution in [0, 0.1) is 5.92 Å². The van der Waals surface area contributed by atoms with Gasteiger partial charge in [-0.2, -0.15) is 0 Å². The number of halogens is 6. The van der Waals surface area contributed by atoms with Gasteiger partial charge in [0.25, 0.3) is 0 Å². The van der Waals surface area contributed by atoms with E-state index in [-0.39, 0.29) is 0 Å². The molecule has 0 aromatic carbocycles. The molecule has 1 unspecified atom stereocenters. The minimum atomic E-state index is -10.7. The van der Waals surface area contributed by atoms with Crippen molar-refractivity contribution in [2.75, 3.05) is 26.2 Å². The molecule has 0 rings (SSSR count). The van der Waals surface area contributed by atoms with Crippen LogP contribution in [0.5, 0.6) is 0 Å². The molecule has 1 nitrogen and oxygen atoms in total. The van der Waals surface area contributed by atoms with Gasteiger partial charge in [0.05, 0.1) is 26.2 Å². The maximum absolute atomic E-state index is 10.7. The third-order valence-electron chi connectivity index (χ3n) is 3.70. The first-order valence-electron chi connectivity index (χ1n) is 8.22. The van der Waals surface area contributed by atoms with E-state index < -0.39 is 7.81 Å². The van der Waals surface area contributed by atoms with Gasteiger partial charge in [-0.1, -0.05) is 46.3 Å². The van der Waals surface area contributed by atoms with E-state index in [9.17, 15) is 25.2 Å². The molecule has 0 aliphatic heterocycles. The average Bonchev–Trinajstić information content (AvgIpc) is 2.35. The fraction of sp³-hybridized carbons (Fsp3) is 0.750. The Morgan fingerprint density at radius 2 is 1.33 bits per heavy atom. The molecule has 0 heterocycles. The van der Waals surface area contributed by atoms with Crippen molar-refractivity contribution in [1.82, 2.24) is 0 Å². The summed E-state index contributed by atoms with van der Waals surface area (Å²) in [6.07, 6.45) is 9.56. The van der Waals surface area contributed by atoms with E-state index >= 15 is 0 Å². The topological polar surface area (TPSA) is 0 Å². The van der Waals surface area contributed by atoms with E-state index in [1.165, 1.54) is 38.8 Å². The molecule has 24 heavy (non-hydrogen) atoms. The van der Waals surface area contributed by atoms with Crippen molar-refractivity contribution in [3.63, 3.8) is 0 Å². The minimum absolute atomic E-state index is 0.807. The summed E-state index contributed by atoms with van der Waals surface area (Å²) in [6, 6.07) is 0. The number of quaternary nitrogens is 1. The van der Waals surface area contributed by atoms with Gasteiger partial charge >= 0.3 is 33.0 Å². The maximum atomic E-state index is 9.87. The van der Waals surface area contributed by atoms with Crippen LogP contribution in [0.15, 0.2) is 25.3 Å². The second kappa shape index (κ2) is 9.23. The summed E-state index contributed by atoms with van der Waals surface area (Å²) in [5, 5.41) is 0. The van der Waals surface area contributed by atoms with Crippen molar-refractivity contribution in [3.8, 4) is 0 Å². The van der Waals surface area contributed by atoms with Crippen molar-refractivity contribution in [1.29, 1.82) is 0 Å². The van der Waals surface area contributed by atoms with E-state index in [1.54, 1.807) is 0 Å². The van der Waals surface area contributed by atoms with E-state index in [0.29, 0.717) is 0 Å². The van der Waals surface area contributed by atoms with Gasteiger partial charge in [0, 0.05) is 5.92 Å². The van der Waals surface area contributed by atoms with Crippen LogP contribution in [0.2, 0.25) is 0 Å². The first-order valence-corrected chi connectivity index (χ1v) is 10.2. The van der Waals surface area contributed by atoms with Gasteiger partial charge in [-0.25, -0.2) is 0 Å². The van der Waals surface area contributed by atoms with Crippen molar-refractivity contribution in [2.24, 2.45) is 5.92 Å². The Hall–Kier alpha value is -0.550. The molecule has 1 atom stereocenters. The molecule has 8 heteroatoms. The van der Waals surface area contributed by atoms with E-state index in [0.717, 1.165) is 23.5 Å². The molecule has 0 fully saturated rings. The standard InChI is InChI=1S/C16H32N.F6P/c1-6-10-11-12-16(5)15-17(9-4,13-7-2)14-8-3;1-7(2,3,4,5)6/h7-8,16H,2-3,6,9-15H2,1,4-5H3;/q+1;-1. The number of nitrogens with zero attached hydrogens (tertiary/aromatic N) is 1. The molecular formula is C16H32F6NP. The molecule has 0 aliphatic carbocycles. The number of likely N-dealkylation sites (N-methyl/N-ethyl adjacent to an activating group) is 1. The predicted molar refractivity (Wildman–Crippen MR) is 92.7 cm³/mol. The Morgan fingerprint density at radius 3 is 1.62 bits per heavy atom. The third-order valence-corrected chi connectivity index (χ3v) is 3.70. The monoisotopic (exact) mass is 383 g/mol. The van der Waals surface area contributed by atoms with Crippen LogP contribution in [0.4, 0.5) is 25.2 Å². The fourth-order valence-corrected chi connectivity index (χ4v) is 2.65. The second-order valence-corrected chi connectivity index (χ2v) is 8.26. The third kappa shape index (κ3) is 21.4. The Kier molecular flexibility index (Phi) is 9.88. The van der Waals surface area contributed by atoms with Gasteiger partial charge in [-0.05, 0) is 25.5 Å². The van der Waals surface area contributed by atoms with Crippen LogP contribution < -0.4 is 0 Å². The Balaban J connectivity index is 0. The summed E-state index contributed by atoms with van der Waals surface area (Å²) in [5.41, 5.74) is 0. The van der Waals surface area contributed by atoms with Gasteiger partial charge in [-0.15, -0.1) is 0 Å². The molecule has 0 aliphatic rings. The van der Waals surface area contributed by atoms with Crippen molar-refractivity contribution < 1.29 is 29.7 Å². The molecule has 0 spiro atoms. The average molecular weight is 383 g/mol. The van der Waals surface area contributed by atoms with Gasteiger partial charge in [0.2, 0.25) is 0 Å². The Labute approximate surface area is 142 Å². The number of hydrogen-bond acceptors (Lipinski definition) is 0. The van der Waals surface area contributed by atoms with Gasteiger partial charge in [0.1, 0.15) is 0 Å². The van der Waals surface area contributed by atoms with E-state index in [4.69, 9.17) is 0 Å². The molecule has 0 aromatic rings. The molecular weight excluding hydrogens is 351 g/mol. The normalized spacial score (nSPS) is 16.2. The van der Waals surface area contributed by atoms with Crippen LogP contribution in [-0.2, 0) is 0 Å². The molecule has 0 aromatic heterocycles. The van der Waals surface area contributed by atoms with Gasteiger partial charge in [0.15, 0.2) is 0 Å². The number of unbranched alkanes of at least 4 members (excludes halogenated alkanes) is 2.